The topological polar surface area (TPSA) is 34.1 Å². The SMILES string of the molecule is FC(F)(F)c1cccc(OC2CCC23CCNCC3)n1. The molecular weight excluding hydrogens is 269 g/mol. The van der Waals surface area contributed by atoms with Gasteiger partial charge in [-0.05, 0) is 44.8 Å². The minimum atomic E-state index is -4.43. The maximum atomic E-state index is 12.6. The fraction of sp³-hybridized carbons (Fsp3) is 0.643. The zero-order valence-corrected chi connectivity index (χ0v) is 11.0. The van der Waals surface area contributed by atoms with Crippen molar-refractivity contribution >= 4 is 0 Å². The summed E-state index contributed by atoms with van der Waals surface area (Å²) in [6.07, 6.45) is -0.380. The number of nitrogens with zero attached hydrogens (tertiary/aromatic N) is 1. The molecule has 0 amide bonds. The fourth-order valence-electron chi connectivity index (χ4n) is 3.14. The van der Waals surface area contributed by atoms with E-state index in [1.165, 1.54) is 12.1 Å². The summed E-state index contributed by atoms with van der Waals surface area (Å²) >= 11 is 0. The number of hydrogen-bond donors (Lipinski definition) is 1. The molecule has 1 aromatic heterocycles. The van der Waals surface area contributed by atoms with Crippen molar-refractivity contribution in [3.8, 4) is 5.88 Å². The molecule has 0 radical (unpaired) electrons. The lowest BCUT2D eigenvalue weighted by atomic mass is 9.61. The van der Waals surface area contributed by atoms with Crippen LogP contribution >= 0.6 is 0 Å². The van der Waals surface area contributed by atoms with Gasteiger partial charge < -0.3 is 10.1 Å². The van der Waals surface area contributed by atoms with Crippen molar-refractivity contribution in [3.63, 3.8) is 0 Å². The van der Waals surface area contributed by atoms with Crippen molar-refractivity contribution < 1.29 is 17.9 Å². The van der Waals surface area contributed by atoms with Gasteiger partial charge in [-0.1, -0.05) is 6.07 Å². The first-order chi connectivity index (χ1) is 9.50. The van der Waals surface area contributed by atoms with Gasteiger partial charge in [-0.25, -0.2) is 4.98 Å². The molecule has 110 valence electrons. The summed E-state index contributed by atoms with van der Waals surface area (Å²) in [6.45, 7) is 1.91. The Balaban J connectivity index is 1.72. The molecule has 2 heterocycles. The Morgan fingerprint density at radius 2 is 1.95 bits per heavy atom. The van der Waals surface area contributed by atoms with Gasteiger partial charge in [0, 0.05) is 11.5 Å². The Morgan fingerprint density at radius 1 is 1.20 bits per heavy atom. The molecule has 0 aromatic carbocycles. The van der Waals surface area contributed by atoms with E-state index in [0.717, 1.165) is 44.8 Å². The van der Waals surface area contributed by atoms with E-state index in [1.807, 2.05) is 0 Å². The molecule has 6 heteroatoms. The lowest BCUT2D eigenvalue weighted by Gasteiger charge is -2.51. The van der Waals surface area contributed by atoms with Gasteiger partial charge in [-0.3, -0.25) is 0 Å². The Hall–Kier alpha value is -1.30. The van der Waals surface area contributed by atoms with E-state index in [-0.39, 0.29) is 17.4 Å². The normalized spacial score (nSPS) is 25.2. The molecule has 1 aromatic rings. The Bertz CT molecular complexity index is 484. The lowest BCUT2D eigenvalue weighted by Crippen LogP contribution is -2.53. The number of halogens is 3. The first kappa shape index (κ1) is 13.7. The van der Waals surface area contributed by atoms with Crippen molar-refractivity contribution in [1.82, 2.24) is 10.3 Å². The largest absolute Gasteiger partial charge is 0.474 e. The first-order valence-electron chi connectivity index (χ1n) is 6.91. The highest BCUT2D eigenvalue weighted by molar-refractivity contribution is 5.19. The van der Waals surface area contributed by atoms with E-state index in [0.29, 0.717) is 0 Å². The lowest BCUT2D eigenvalue weighted by molar-refractivity contribution is -0.141. The summed E-state index contributed by atoms with van der Waals surface area (Å²) in [4.78, 5) is 3.58. The number of aromatic nitrogens is 1. The van der Waals surface area contributed by atoms with E-state index < -0.39 is 11.9 Å². The second-order valence-corrected chi connectivity index (χ2v) is 5.62. The third-order valence-corrected chi connectivity index (χ3v) is 4.46. The molecule has 1 spiro atoms. The summed E-state index contributed by atoms with van der Waals surface area (Å²) in [5.41, 5.74) is -0.755. The molecule has 0 bridgehead atoms. The Labute approximate surface area is 115 Å². The average molecular weight is 286 g/mol. The fourth-order valence-corrected chi connectivity index (χ4v) is 3.14. The zero-order valence-electron chi connectivity index (χ0n) is 11.0. The average Bonchev–Trinajstić information content (AvgIpc) is 2.44. The van der Waals surface area contributed by atoms with Crippen LogP contribution in [0.15, 0.2) is 18.2 Å². The minimum Gasteiger partial charge on any atom is -0.474 e. The van der Waals surface area contributed by atoms with Gasteiger partial charge >= 0.3 is 6.18 Å². The predicted molar refractivity (Wildman–Crippen MR) is 67.4 cm³/mol. The first-order valence-corrected chi connectivity index (χ1v) is 6.91. The van der Waals surface area contributed by atoms with E-state index >= 15 is 0 Å². The number of piperidine rings is 1. The monoisotopic (exact) mass is 286 g/mol. The minimum absolute atomic E-state index is 0.000540. The quantitative estimate of drug-likeness (QED) is 0.907. The van der Waals surface area contributed by atoms with E-state index in [1.54, 1.807) is 0 Å². The molecule has 2 aliphatic rings. The number of alkyl halides is 3. The van der Waals surface area contributed by atoms with Crippen LogP contribution in [0.3, 0.4) is 0 Å². The Morgan fingerprint density at radius 3 is 2.55 bits per heavy atom. The van der Waals surface area contributed by atoms with Crippen LogP contribution in [0.25, 0.3) is 0 Å². The highest BCUT2D eigenvalue weighted by atomic mass is 19.4. The van der Waals surface area contributed by atoms with Crippen molar-refractivity contribution in [2.75, 3.05) is 13.1 Å². The predicted octanol–water partition coefficient (Wildman–Crippen LogP) is 3.01. The molecule has 1 unspecified atom stereocenters. The van der Waals surface area contributed by atoms with Gasteiger partial charge in [0.05, 0.1) is 0 Å². The van der Waals surface area contributed by atoms with Crippen molar-refractivity contribution in [3.05, 3.63) is 23.9 Å². The van der Waals surface area contributed by atoms with Gasteiger partial charge in [-0.15, -0.1) is 0 Å². The van der Waals surface area contributed by atoms with E-state index in [2.05, 4.69) is 10.3 Å². The number of nitrogens with one attached hydrogen (secondary N) is 1. The van der Waals surface area contributed by atoms with Crippen LogP contribution in [-0.4, -0.2) is 24.2 Å². The summed E-state index contributed by atoms with van der Waals surface area (Å²) in [5.74, 6) is 0.0856. The van der Waals surface area contributed by atoms with Crippen LogP contribution in [0.4, 0.5) is 13.2 Å². The summed E-state index contributed by atoms with van der Waals surface area (Å²) in [7, 11) is 0. The smallest absolute Gasteiger partial charge is 0.433 e. The number of ether oxygens (including phenoxy) is 1. The molecule has 1 saturated heterocycles. The second-order valence-electron chi connectivity index (χ2n) is 5.62. The molecular formula is C14H17F3N2O. The van der Waals surface area contributed by atoms with Gasteiger partial charge in [0.15, 0.2) is 0 Å². The van der Waals surface area contributed by atoms with Crippen molar-refractivity contribution in [1.29, 1.82) is 0 Å². The zero-order chi connectivity index (χ0) is 14.2. The van der Waals surface area contributed by atoms with E-state index in [9.17, 15) is 13.2 Å². The molecule has 1 saturated carbocycles. The number of hydrogen-bond acceptors (Lipinski definition) is 3. The molecule has 1 aliphatic carbocycles. The molecule has 1 N–H and O–H groups in total. The summed E-state index contributed by atoms with van der Waals surface area (Å²) in [6, 6.07) is 3.81. The standard InChI is InChI=1S/C14H17F3N2O/c15-14(16,17)10-2-1-3-12(19-10)20-11-4-5-13(11)6-8-18-9-7-13/h1-3,11,18H,4-9H2. The van der Waals surface area contributed by atoms with Crippen molar-refractivity contribution in [2.45, 2.75) is 38.0 Å². The van der Waals surface area contributed by atoms with Crippen molar-refractivity contribution in [2.24, 2.45) is 5.41 Å². The van der Waals surface area contributed by atoms with E-state index in [4.69, 9.17) is 4.74 Å². The number of rotatable bonds is 2. The van der Waals surface area contributed by atoms with Crippen LogP contribution in [0.1, 0.15) is 31.4 Å². The molecule has 20 heavy (non-hydrogen) atoms. The van der Waals surface area contributed by atoms with Crippen LogP contribution < -0.4 is 10.1 Å². The Kier molecular flexibility index (Phi) is 3.36. The molecule has 1 aliphatic heterocycles. The highest BCUT2D eigenvalue weighted by Gasteiger charge is 2.49. The van der Waals surface area contributed by atoms with Crippen LogP contribution in [-0.2, 0) is 6.18 Å². The summed E-state index contributed by atoms with van der Waals surface area (Å²) in [5, 5.41) is 3.30. The second kappa shape index (κ2) is 4.91. The van der Waals surface area contributed by atoms with Gasteiger partial charge in [0.1, 0.15) is 11.8 Å². The third-order valence-electron chi connectivity index (χ3n) is 4.46. The molecule has 3 rings (SSSR count). The van der Waals surface area contributed by atoms with Crippen LogP contribution in [0, 0.1) is 5.41 Å². The maximum absolute atomic E-state index is 12.6. The third kappa shape index (κ3) is 2.49. The molecule has 3 nitrogen and oxygen atoms in total. The molecule has 2 fully saturated rings. The van der Waals surface area contributed by atoms with Crippen LogP contribution in [0.5, 0.6) is 5.88 Å². The van der Waals surface area contributed by atoms with Gasteiger partial charge in [0.2, 0.25) is 5.88 Å². The highest BCUT2D eigenvalue weighted by Crippen LogP contribution is 2.49. The molecule has 1 atom stereocenters. The van der Waals surface area contributed by atoms with Gasteiger partial charge in [0.25, 0.3) is 0 Å². The maximum Gasteiger partial charge on any atom is 0.433 e. The number of pyridine rings is 1. The van der Waals surface area contributed by atoms with Gasteiger partial charge in [-0.2, -0.15) is 13.2 Å². The van der Waals surface area contributed by atoms with Crippen LogP contribution in [0.2, 0.25) is 0 Å². The summed E-state index contributed by atoms with van der Waals surface area (Å²) < 4.78 is 43.6.